The van der Waals surface area contributed by atoms with Gasteiger partial charge in [-0.15, -0.1) is 0 Å². The van der Waals surface area contributed by atoms with Crippen molar-refractivity contribution in [2.75, 3.05) is 11.9 Å². The molecule has 0 radical (unpaired) electrons. The minimum Gasteiger partial charge on any atom is -0.493 e. The molecule has 0 aliphatic rings. The van der Waals surface area contributed by atoms with Crippen LogP contribution in [0.3, 0.4) is 0 Å². The van der Waals surface area contributed by atoms with Crippen LogP contribution in [0.4, 0.5) is 0 Å². The number of ketones is 1. The van der Waals surface area contributed by atoms with Crippen molar-refractivity contribution < 1.29 is 9.53 Å². The first-order chi connectivity index (χ1) is 9.19. The molecule has 0 saturated carbocycles. The number of halogens is 2. The first kappa shape index (κ1) is 16.5. The molecule has 0 bridgehead atoms. The van der Waals surface area contributed by atoms with Gasteiger partial charge in [-0.3, -0.25) is 4.79 Å². The third-order valence-corrected chi connectivity index (χ3v) is 3.61. The molecule has 2 nitrogen and oxygen atoms in total. The third-order valence-electron chi connectivity index (χ3n) is 2.87. The maximum absolute atomic E-state index is 11.8. The molecule has 0 unspecified atom stereocenters. The quantitative estimate of drug-likeness (QED) is 0.346. The molecule has 0 N–H and O–H groups in total. The van der Waals surface area contributed by atoms with E-state index in [0.717, 1.165) is 6.42 Å². The Bertz CT molecular complexity index is 407. The van der Waals surface area contributed by atoms with Crippen LogP contribution in [0.2, 0.25) is 5.02 Å². The first-order valence-electron chi connectivity index (χ1n) is 6.70. The van der Waals surface area contributed by atoms with Gasteiger partial charge in [0.1, 0.15) is 5.75 Å². The van der Waals surface area contributed by atoms with E-state index in [9.17, 15) is 4.79 Å². The van der Waals surface area contributed by atoms with Crippen LogP contribution in [0.5, 0.6) is 5.75 Å². The SMILES string of the molecule is CCCCCCCOc1ccc(Cl)cc1C(=O)CBr. The van der Waals surface area contributed by atoms with Gasteiger partial charge in [0.15, 0.2) is 5.78 Å². The predicted molar refractivity (Wildman–Crippen MR) is 83.8 cm³/mol. The second-order valence-corrected chi connectivity index (χ2v) is 5.46. The first-order valence-corrected chi connectivity index (χ1v) is 8.20. The molecule has 0 amide bonds. The Morgan fingerprint density at radius 2 is 2.00 bits per heavy atom. The van der Waals surface area contributed by atoms with Crippen LogP contribution >= 0.6 is 27.5 Å². The Labute approximate surface area is 128 Å². The summed E-state index contributed by atoms with van der Waals surface area (Å²) >= 11 is 9.09. The van der Waals surface area contributed by atoms with Crippen LogP contribution < -0.4 is 4.74 Å². The van der Waals surface area contributed by atoms with Gasteiger partial charge in [0.05, 0.1) is 17.5 Å². The van der Waals surface area contributed by atoms with Crippen LogP contribution in [-0.4, -0.2) is 17.7 Å². The van der Waals surface area contributed by atoms with Crippen LogP contribution in [0.15, 0.2) is 18.2 Å². The zero-order chi connectivity index (χ0) is 14.1. The van der Waals surface area contributed by atoms with E-state index in [1.54, 1.807) is 18.2 Å². The van der Waals surface area contributed by atoms with Crippen molar-refractivity contribution in [2.24, 2.45) is 0 Å². The number of hydrogen-bond acceptors (Lipinski definition) is 2. The average Bonchev–Trinajstić information content (AvgIpc) is 2.43. The Morgan fingerprint density at radius 1 is 1.26 bits per heavy atom. The van der Waals surface area contributed by atoms with Crippen molar-refractivity contribution in [3.05, 3.63) is 28.8 Å². The monoisotopic (exact) mass is 346 g/mol. The Hall–Kier alpha value is -0.540. The van der Waals surface area contributed by atoms with Crippen LogP contribution in [0.25, 0.3) is 0 Å². The highest BCUT2D eigenvalue weighted by molar-refractivity contribution is 9.09. The molecule has 106 valence electrons. The second kappa shape index (κ2) is 9.38. The summed E-state index contributed by atoms with van der Waals surface area (Å²) in [6, 6.07) is 5.18. The molecule has 1 rings (SSSR count). The molecule has 0 spiro atoms. The number of carbonyl (C=O) groups is 1. The maximum atomic E-state index is 11.8. The topological polar surface area (TPSA) is 26.3 Å². The summed E-state index contributed by atoms with van der Waals surface area (Å²) in [6.45, 7) is 2.84. The number of rotatable bonds is 9. The lowest BCUT2D eigenvalue weighted by Gasteiger charge is -2.10. The van der Waals surface area contributed by atoms with Crippen LogP contribution in [0.1, 0.15) is 49.4 Å². The fraction of sp³-hybridized carbons (Fsp3) is 0.533. The molecule has 0 aromatic heterocycles. The molecule has 0 heterocycles. The van der Waals surface area contributed by atoms with E-state index in [4.69, 9.17) is 16.3 Å². The summed E-state index contributed by atoms with van der Waals surface area (Å²) in [5, 5.41) is 0.833. The van der Waals surface area contributed by atoms with Crippen LogP contribution in [0, 0.1) is 0 Å². The van der Waals surface area contributed by atoms with E-state index in [2.05, 4.69) is 22.9 Å². The highest BCUT2D eigenvalue weighted by Gasteiger charge is 2.12. The zero-order valence-corrected chi connectivity index (χ0v) is 13.6. The summed E-state index contributed by atoms with van der Waals surface area (Å²) in [5.41, 5.74) is 0.554. The summed E-state index contributed by atoms with van der Waals surface area (Å²) in [4.78, 5) is 11.8. The zero-order valence-electron chi connectivity index (χ0n) is 11.3. The second-order valence-electron chi connectivity index (χ2n) is 4.46. The number of carbonyl (C=O) groups excluding carboxylic acids is 1. The summed E-state index contributed by atoms with van der Waals surface area (Å²) in [6.07, 6.45) is 5.94. The highest BCUT2D eigenvalue weighted by Crippen LogP contribution is 2.24. The number of ether oxygens (including phenoxy) is 1. The molecule has 0 aliphatic heterocycles. The predicted octanol–water partition coefficient (Wildman–Crippen LogP) is 5.27. The van der Waals surface area contributed by atoms with E-state index >= 15 is 0 Å². The van der Waals surface area contributed by atoms with Gasteiger partial charge in [-0.05, 0) is 24.6 Å². The number of benzene rings is 1. The smallest absolute Gasteiger partial charge is 0.177 e. The largest absolute Gasteiger partial charge is 0.493 e. The van der Waals surface area contributed by atoms with Gasteiger partial charge in [0, 0.05) is 5.02 Å². The minimum absolute atomic E-state index is 0.0107. The van der Waals surface area contributed by atoms with Crippen molar-refractivity contribution in [2.45, 2.75) is 39.0 Å². The van der Waals surface area contributed by atoms with Gasteiger partial charge in [-0.1, -0.05) is 60.1 Å². The standard InChI is InChI=1S/C15H20BrClO2/c1-2-3-4-5-6-9-19-15-8-7-12(17)10-13(15)14(18)11-16/h7-8,10H,2-6,9,11H2,1H3. The van der Waals surface area contributed by atoms with E-state index in [1.165, 1.54) is 25.7 Å². The number of unbranched alkanes of at least 4 members (excludes halogenated alkanes) is 4. The van der Waals surface area contributed by atoms with E-state index < -0.39 is 0 Å². The molecule has 1 aromatic carbocycles. The van der Waals surface area contributed by atoms with Crippen molar-refractivity contribution >= 4 is 33.3 Å². The Kier molecular flexibility index (Phi) is 8.15. The van der Waals surface area contributed by atoms with Gasteiger partial charge in [-0.25, -0.2) is 0 Å². The molecular formula is C15H20BrClO2. The van der Waals surface area contributed by atoms with Crippen molar-refractivity contribution in [1.29, 1.82) is 0 Å². The highest BCUT2D eigenvalue weighted by atomic mass is 79.9. The third kappa shape index (κ3) is 5.96. The molecule has 0 aliphatic carbocycles. The van der Waals surface area contributed by atoms with Gasteiger partial charge in [-0.2, -0.15) is 0 Å². The minimum atomic E-state index is -0.0107. The van der Waals surface area contributed by atoms with E-state index in [1.807, 2.05) is 0 Å². The van der Waals surface area contributed by atoms with Crippen molar-refractivity contribution in [1.82, 2.24) is 0 Å². The van der Waals surface area contributed by atoms with Crippen LogP contribution in [-0.2, 0) is 0 Å². The average molecular weight is 348 g/mol. The molecule has 0 atom stereocenters. The fourth-order valence-electron chi connectivity index (χ4n) is 1.81. The summed E-state index contributed by atoms with van der Waals surface area (Å²) in [5.74, 6) is 0.618. The summed E-state index contributed by atoms with van der Waals surface area (Å²) < 4.78 is 5.70. The van der Waals surface area contributed by atoms with Crippen molar-refractivity contribution in [3.8, 4) is 5.75 Å². The van der Waals surface area contributed by atoms with Gasteiger partial charge < -0.3 is 4.74 Å². The number of hydrogen-bond donors (Lipinski definition) is 0. The maximum Gasteiger partial charge on any atom is 0.177 e. The summed E-state index contributed by atoms with van der Waals surface area (Å²) in [7, 11) is 0. The molecule has 0 saturated heterocycles. The number of Topliss-reactive ketones (excluding diaryl/α,β-unsaturated/α-hetero) is 1. The Balaban J connectivity index is 2.50. The lowest BCUT2D eigenvalue weighted by atomic mass is 10.1. The molecule has 1 aromatic rings. The lowest BCUT2D eigenvalue weighted by Crippen LogP contribution is -2.06. The normalized spacial score (nSPS) is 10.5. The molecule has 19 heavy (non-hydrogen) atoms. The molecular weight excluding hydrogens is 328 g/mol. The molecule has 4 heteroatoms. The fourth-order valence-corrected chi connectivity index (χ4v) is 2.28. The van der Waals surface area contributed by atoms with E-state index in [0.29, 0.717) is 22.9 Å². The van der Waals surface area contributed by atoms with Gasteiger partial charge in [0.2, 0.25) is 0 Å². The Morgan fingerprint density at radius 3 is 2.68 bits per heavy atom. The lowest BCUT2D eigenvalue weighted by molar-refractivity contribution is 0.101. The molecule has 0 fully saturated rings. The van der Waals surface area contributed by atoms with Crippen molar-refractivity contribution in [3.63, 3.8) is 0 Å². The van der Waals surface area contributed by atoms with E-state index in [-0.39, 0.29) is 11.1 Å². The number of alkyl halides is 1. The van der Waals surface area contributed by atoms with Gasteiger partial charge >= 0.3 is 0 Å². The van der Waals surface area contributed by atoms with Gasteiger partial charge in [0.25, 0.3) is 0 Å².